The highest BCUT2D eigenvalue weighted by Gasteiger charge is 2.32. The molecule has 1 fully saturated rings. The number of thiazole rings is 1. The van der Waals surface area contributed by atoms with E-state index in [0.717, 1.165) is 23.5 Å². The number of nitrogens with zero attached hydrogens (tertiary/aromatic N) is 2. The molecule has 0 aliphatic carbocycles. The second-order valence-corrected chi connectivity index (χ2v) is 10.7. The van der Waals surface area contributed by atoms with Crippen molar-refractivity contribution in [3.05, 3.63) is 69.3 Å². The summed E-state index contributed by atoms with van der Waals surface area (Å²) in [5.74, 6) is -1.25. The van der Waals surface area contributed by atoms with Crippen molar-refractivity contribution in [2.75, 3.05) is 17.8 Å². The molecule has 4 rings (SSSR count). The summed E-state index contributed by atoms with van der Waals surface area (Å²) >= 11 is 7.30. The van der Waals surface area contributed by atoms with E-state index in [9.17, 15) is 26.0 Å². The minimum Gasteiger partial charge on any atom is -0.486 e. The second kappa shape index (κ2) is 10.7. The Bertz CT molecular complexity index is 1280. The van der Waals surface area contributed by atoms with Crippen LogP contribution in [0.3, 0.4) is 0 Å². The molecule has 1 aliphatic rings. The van der Waals surface area contributed by atoms with Gasteiger partial charge < -0.3 is 4.74 Å². The molecule has 0 bridgehead atoms. The van der Waals surface area contributed by atoms with Gasteiger partial charge in [-0.1, -0.05) is 29.8 Å². The zero-order valence-electron chi connectivity index (χ0n) is 18.0. The molecule has 0 spiro atoms. The van der Waals surface area contributed by atoms with E-state index in [4.69, 9.17) is 16.3 Å². The van der Waals surface area contributed by atoms with Gasteiger partial charge in [0.1, 0.15) is 28.7 Å². The van der Waals surface area contributed by atoms with E-state index in [-0.39, 0.29) is 35.1 Å². The number of halogens is 5. The SMILES string of the molecule is O=S(=O)(Nc1cscn1)c1cc(Cl)c(O[C@H]2CCN(Cc3cccc(C(F)F)c3)C[C@H]2F)cc1F. The molecule has 6 nitrogen and oxygen atoms in total. The number of hydrogen-bond acceptors (Lipinski definition) is 6. The minimum atomic E-state index is -4.29. The highest BCUT2D eigenvalue weighted by Crippen LogP contribution is 2.33. The number of sulfonamides is 1. The van der Waals surface area contributed by atoms with Gasteiger partial charge in [-0.25, -0.2) is 31.0 Å². The van der Waals surface area contributed by atoms with E-state index in [0.29, 0.717) is 18.7 Å². The Morgan fingerprint density at radius 1 is 1.29 bits per heavy atom. The van der Waals surface area contributed by atoms with Crippen molar-refractivity contribution in [1.82, 2.24) is 9.88 Å². The van der Waals surface area contributed by atoms with Crippen LogP contribution in [0.5, 0.6) is 5.75 Å². The summed E-state index contributed by atoms with van der Waals surface area (Å²) in [4.78, 5) is 4.88. The minimum absolute atomic E-state index is 0.0201. The first-order valence-electron chi connectivity index (χ1n) is 10.4. The molecule has 0 radical (unpaired) electrons. The highest BCUT2D eigenvalue weighted by molar-refractivity contribution is 7.92. The van der Waals surface area contributed by atoms with Crippen molar-refractivity contribution in [3.8, 4) is 5.75 Å². The van der Waals surface area contributed by atoms with E-state index in [1.54, 1.807) is 11.0 Å². The number of alkyl halides is 3. The molecule has 1 saturated heterocycles. The lowest BCUT2D eigenvalue weighted by Crippen LogP contribution is -2.46. The van der Waals surface area contributed by atoms with Crippen LogP contribution in [0.2, 0.25) is 5.02 Å². The van der Waals surface area contributed by atoms with Gasteiger partial charge >= 0.3 is 0 Å². The standard InChI is InChI=1S/C22H20ClF4N3O3S2/c23-15-7-20(35(31,32)29-21-11-34-12-28-21)16(24)8-19(15)33-18-4-5-30(10-17(18)25)9-13-2-1-3-14(6-13)22(26)27/h1-3,6-8,11-12,17-18,22,29H,4-5,9-10H2/t17-,18+/m1/s1. The first-order valence-corrected chi connectivity index (χ1v) is 13.2. The molecule has 0 unspecified atom stereocenters. The van der Waals surface area contributed by atoms with Gasteiger partial charge in [-0.15, -0.1) is 11.3 Å². The van der Waals surface area contributed by atoms with Crippen LogP contribution in [0.4, 0.5) is 23.4 Å². The average Bonchev–Trinajstić information content (AvgIpc) is 3.30. The quantitative estimate of drug-likeness (QED) is 0.367. The molecular formula is C22H20ClF4N3O3S2. The maximum absolute atomic E-state index is 14.9. The Morgan fingerprint density at radius 3 is 2.77 bits per heavy atom. The van der Waals surface area contributed by atoms with Gasteiger partial charge in [-0.3, -0.25) is 9.62 Å². The molecule has 35 heavy (non-hydrogen) atoms. The summed E-state index contributed by atoms with van der Waals surface area (Å²) in [6.45, 7) is 0.684. The molecule has 188 valence electrons. The number of rotatable bonds is 8. The van der Waals surface area contributed by atoms with E-state index in [2.05, 4.69) is 9.71 Å². The zero-order chi connectivity index (χ0) is 25.2. The third-order valence-corrected chi connectivity index (χ3v) is 7.65. The van der Waals surface area contributed by atoms with Crippen LogP contribution in [0, 0.1) is 5.82 Å². The van der Waals surface area contributed by atoms with Crippen molar-refractivity contribution in [2.45, 2.75) is 36.6 Å². The zero-order valence-corrected chi connectivity index (χ0v) is 20.4. The van der Waals surface area contributed by atoms with Crippen molar-refractivity contribution in [1.29, 1.82) is 0 Å². The number of likely N-dealkylation sites (tertiary alicyclic amines) is 1. The molecule has 2 atom stereocenters. The lowest BCUT2D eigenvalue weighted by atomic mass is 10.0. The third-order valence-electron chi connectivity index (χ3n) is 5.40. The van der Waals surface area contributed by atoms with Gasteiger partial charge in [0.2, 0.25) is 0 Å². The van der Waals surface area contributed by atoms with Gasteiger partial charge in [0.25, 0.3) is 16.4 Å². The fourth-order valence-electron chi connectivity index (χ4n) is 3.73. The van der Waals surface area contributed by atoms with Crippen molar-refractivity contribution in [3.63, 3.8) is 0 Å². The predicted octanol–water partition coefficient (Wildman–Crippen LogP) is 5.67. The van der Waals surface area contributed by atoms with Crippen LogP contribution in [0.1, 0.15) is 24.0 Å². The van der Waals surface area contributed by atoms with Crippen LogP contribution >= 0.6 is 22.9 Å². The van der Waals surface area contributed by atoms with Crippen molar-refractivity contribution < 1.29 is 30.7 Å². The molecule has 2 aromatic carbocycles. The maximum atomic E-state index is 14.9. The summed E-state index contributed by atoms with van der Waals surface area (Å²) in [5, 5.41) is 1.25. The van der Waals surface area contributed by atoms with Crippen LogP contribution in [0.25, 0.3) is 0 Å². The van der Waals surface area contributed by atoms with Crippen molar-refractivity contribution >= 4 is 38.8 Å². The monoisotopic (exact) mass is 549 g/mol. The largest absolute Gasteiger partial charge is 0.486 e. The van der Waals surface area contributed by atoms with Gasteiger partial charge in [0, 0.05) is 36.6 Å². The Morgan fingerprint density at radius 2 is 2.09 bits per heavy atom. The van der Waals surface area contributed by atoms with Crippen LogP contribution in [-0.2, 0) is 16.6 Å². The van der Waals surface area contributed by atoms with E-state index in [1.807, 2.05) is 0 Å². The van der Waals surface area contributed by atoms with Crippen LogP contribution < -0.4 is 9.46 Å². The average molecular weight is 550 g/mol. The van der Waals surface area contributed by atoms with Gasteiger partial charge in [-0.05, 0) is 24.1 Å². The normalized spacial score (nSPS) is 19.1. The number of anilines is 1. The molecule has 0 amide bonds. The summed E-state index contributed by atoms with van der Waals surface area (Å²) in [6, 6.07) is 7.67. The Hall–Kier alpha value is -2.41. The van der Waals surface area contributed by atoms with E-state index < -0.39 is 39.4 Å². The first-order chi connectivity index (χ1) is 16.6. The lowest BCUT2D eigenvalue weighted by molar-refractivity contribution is 0.0189. The van der Waals surface area contributed by atoms with E-state index in [1.165, 1.54) is 29.1 Å². The molecule has 1 N–H and O–H groups in total. The molecule has 3 aromatic rings. The van der Waals surface area contributed by atoms with Crippen LogP contribution in [-0.4, -0.2) is 43.7 Å². The van der Waals surface area contributed by atoms with Crippen molar-refractivity contribution in [2.24, 2.45) is 0 Å². The van der Waals surface area contributed by atoms with Crippen LogP contribution in [0.15, 0.2) is 52.2 Å². The Kier molecular flexibility index (Phi) is 7.84. The maximum Gasteiger partial charge on any atom is 0.266 e. The topological polar surface area (TPSA) is 71.5 Å². The van der Waals surface area contributed by atoms with Gasteiger partial charge in [0.15, 0.2) is 5.82 Å². The fraction of sp³-hybridized carbons (Fsp3) is 0.318. The summed E-state index contributed by atoms with van der Waals surface area (Å²) < 4.78 is 88.1. The molecule has 1 aromatic heterocycles. The molecule has 0 saturated carbocycles. The summed E-state index contributed by atoms with van der Waals surface area (Å²) in [6.07, 6.45) is -4.75. The number of piperidine rings is 1. The summed E-state index contributed by atoms with van der Waals surface area (Å²) in [5.41, 5.74) is 1.96. The fourth-order valence-corrected chi connectivity index (χ4v) is 5.65. The third kappa shape index (κ3) is 6.24. The molecule has 1 aliphatic heterocycles. The van der Waals surface area contributed by atoms with Gasteiger partial charge in [-0.2, -0.15) is 0 Å². The number of hydrogen-bond donors (Lipinski definition) is 1. The first kappa shape index (κ1) is 25.7. The highest BCUT2D eigenvalue weighted by atomic mass is 35.5. The predicted molar refractivity (Wildman–Crippen MR) is 125 cm³/mol. The van der Waals surface area contributed by atoms with E-state index >= 15 is 0 Å². The summed E-state index contributed by atoms with van der Waals surface area (Å²) in [7, 11) is -4.29. The molecule has 13 heteroatoms. The second-order valence-electron chi connectivity index (χ2n) is 7.93. The number of aromatic nitrogens is 1. The Labute approximate surface area is 208 Å². The van der Waals surface area contributed by atoms with Gasteiger partial charge in [0.05, 0.1) is 10.5 Å². The number of benzene rings is 2. The Balaban J connectivity index is 1.41. The lowest BCUT2D eigenvalue weighted by Gasteiger charge is -2.35. The number of nitrogens with one attached hydrogen (secondary N) is 1. The smallest absolute Gasteiger partial charge is 0.266 e. The molecule has 2 heterocycles. The number of ether oxygens (including phenoxy) is 1. The molecular weight excluding hydrogens is 530 g/mol.